The maximum absolute atomic E-state index is 13.1. The van der Waals surface area contributed by atoms with E-state index in [4.69, 9.17) is 12.2 Å². The molecule has 0 spiro atoms. The van der Waals surface area contributed by atoms with Crippen molar-refractivity contribution in [3.8, 4) is 0 Å². The number of carbonyl (C=O) groups is 1. The molecule has 1 aromatic carbocycles. The van der Waals surface area contributed by atoms with Gasteiger partial charge in [0.15, 0.2) is 5.11 Å². The second-order valence-corrected chi connectivity index (χ2v) is 6.19. The third-order valence-corrected chi connectivity index (χ3v) is 4.31. The highest BCUT2D eigenvalue weighted by atomic mass is 32.2. The van der Waals surface area contributed by atoms with Crippen molar-refractivity contribution in [2.24, 2.45) is 0 Å². The van der Waals surface area contributed by atoms with Crippen LogP contribution in [-0.2, 0) is 11.2 Å². The third kappa shape index (κ3) is 4.28. The smallest absolute Gasteiger partial charge is 0.219 e. The minimum atomic E-state index is -0.653. The summed E-state index contributed by atoms with van der Waals surface area (Å²) in [7, 11) is 0. The Morgan fingerprint density at radius 1 is 1.38 bits per heavy atom. The van der Waals surface area contributed by atoms with E-state index in [0.717, 1.165) is 6.42 Å². The summed E-state index contributed by atoms with van der Waals surface area (Å²) in [5.74, 6) is 0.670. The van der Waals surface area contributed by atoms with Gasteiger partial charge in [0.25, 0.3) is 0 Å². The third-order valence-electron chi connectivity index (χ3n) is 3.20. The number of thiocarbonyl (C=S) groups is 1. The number of nitrogens with one attached hydrogen (secondary N) is 2. The monoisotopic (exact) mass is 324 g/mol. The number of aryl methyl sites for hydroxylation is 1. The Hall–Kier alpha value is -1.40. The van der Waals surface area contributed by atoms with Crippen LogP contribution < -0.4 is 10.6 Å². The number of hydrogen-bond acceptors (Lipinski definition) is 3. The van der Waals surface area contributed by atoms with Gasteiger partial charge in [-0.05, 0) is 31.1 Å². The minimum absolute atomic E-state index is 0.103. The van der Waals surface area contributed by atoms with Crippen LogP contribution in [0, 0.1) is 0 Å². The molecule has 0 saturated carbocycles. The fraction of sp³-hybridized carbons (Fsp3) is 0.333. The van der Waals surface area contributed by atoms with E-state index in [1.54, 1.807) is 6.92 Å². The van der Waals surface area contributed by atoms with Crippen molar-refractivity contribution < 1.29 is 9.18 Å². The van der Waals surface area contributed by atoms with E-state index >= 15 is 0 Å². The van der Waals surface area contributed by atoms with Crippen LogP contribution in [0.3, 0.4) is 0 Å². The normalized spacial score (nSPS) is 18.2. The van der Waals surface area contributed by atoms with E-state index in [-0.39, 0.29) is 5.12 Å². The van der Waals surface area contributed by atoms with Gasteiger partial charge in [-0.3, -0.25) is 4.79 Å². The van der Waals surface area contributed by atoms with Gasteiger partial charge in [0.2, 0.25) is 5.12 Å². The molecule has 1 unspecified atom stereocenters. The predicted octanol–water partition coefficient (Wildman–Crippen LogP) is 2.58. The van der Waals surface area contributed by atoms with Gasteiger partial charge in [0, 0.05) is 11.4 Å². The zero-order valence-electron chi connectivity index (χ0n) is 11.7. The van der Waals surface area contributed by atoms with Crippen LogP contribution in [0.2, 0.25) is 0 Å². The average Bonchev–Trinajstić information content (AvgIpc) is 2.47. The van der Waals surface area contributed by atoms with Gasteiger partial charge in [-0.15, -0.1) is 0 Å². The predicted molar refractivity (Wildman–Crippen MR) is 88.9 cm³/mol. The lowest BCUT2D eigenvalue weighted by atomic mass is 10.1. The Kier molecular flexibility index (Phi) is 5.76. The number of alkyl halides is 1. The molecule has 1 heterocycles. The van der Waals surface area contributed by atoms with Gasteiger partial charge >= 0.3 is 0 Å². The van der Waals surface area contributed by atoms with Gasteiger partial charge in [0.1, 0.15) is 6.67 Å². The van der Waals surface area contributed by atoms with E-state index < -0.39 is 12.7 Å². The summed E-state index contributed by atoms with van der Waals surface area (Å²) in [5, 5.41) is 5.93. The summed E-state index contributed by atoms with van der Waals surface area (Å²) >= 11 is 6.19. The van der Waals surface area contributed by atoms with Crippen LogP contribution >= 0.6 is 24.0 Å². The number of thioether (sulfide) groups is 1. The largest absolute Gasteiger partial charge is 0.353 e. The fourth-order valence-electron chi connectivity index (χ4n) is 2.16. The molecule has 0 bridgehead atoms. The van der Waals surface area contributed by atoms with E-state index in [1.165, 1.54) is 17.3 Å². The molecule has 0 amide bonds. The van der Waals surface area contributed by atoms with Crippen molar-refractivity contribution in [1.82, 2.24) is 10.6 Å². The lowest BCUT2D eigenvalue weighted by molar-refractivity contribution is -0.108. The Morgan fingerprint density at radius 2 is 2.10 bits per heavy atom. The maximum atomic E-state index is 13.1. The first-order chi connectivity index (χ1) is 10.1. The van der Waals surface area contributed by atoms with Crippen molar-refractivity contribution in [2.45, 2.75) is 19.4 Å². The number of rotatable bonds is 5. The standard InChI is InChI=1S/C15H17FN2OS2/c1-10-13(12(9-16)18-15(20)17-10)14(19)21-8-7-11-5-3-2-4-6-11/h2-6,12H,7-9H2,1H3,(H2,17,18,20). The number of hydrogen-bond donors (Lipinski definition) is 2. The van der Waals surface area contributed by atoms with Crippen LogP contribution in [-0.4, -0.2) is 28.7 Å². The number of benzene rings is 1. The van der Waals surface area contributed by atoms with E-state index in [2.05, 4.69) is 10.6 Å². The van der Waals surface area contributed by atoms with Crippen molar-refractivity contribution in [3.63, 3.8) is 0 Å². The Balaban J connectivity index is 1.95. The van der Waals surface area contributed by atoms with Crippen molar-refractivity contribution in [3.05, 3.63) is 47.2 Å². The molecule has 6 heteroatoms. The molecular formula is C15H17FN2OS2. The maximum Gasteiger partial charge on any atom is 0.219 e. The summed E-state index contributed by atoms with van der Waals surface area (Å²) in [5.41, 5.74) is 2.27. The molecule has 0 saturated heterocycles. The van der Waals surface area contributed by atoms with Gasteiger partial charge in [0.05, 0.1) is 11.6 Å². The molecule has 0 radical (unpaired) electrons. The summed E-state index contributed by atoms with van der Waals surface area (Å²) in [6, 6.07) is 9.33. The molecule has 0 aliphatic carbocycles. The first-order valence-electron chi connectivity index (χ1n) is 6.67. The molecule has 2 N–H and O–H groups in total. The van der Waals surface area contributed by atoms with Gasteiger partial charge < -0.3 is 10.6 Å². The van der Waals surface area contributed by atoms with Gasteiger partial charge in [-0.1, -0.05) is 42.1 Å². The summed E-state index contributed by atoms with van der Waals surface area (Å²) in [6.07, 6.45) is 0.809. The minimum Gasteiger partial charge on any atom is -0.353 e. The molecule has 0 aromatic heterocycles. The highest BCUT2D eigenvalue weighted by Crippen LogP contribution is 2.21. The molecule has 2 rings (SSSR count). The van der Waals surface area contributed by atoms with Crippen molar-refractivity contribution >= 4 is 34.2 Å². The molecular weight excluding hydrogens is 307 g/mol. The SMILES string of the molecule is CC1=C(C(=O)SCCc2ccccc2)C(CF)NC(=S)N1. The van der Waals surface area contributed by atoms with Crippen LogP contribution in [0.1, 0.15) is 12.5 Å². The van der Waals surface area contributed by atoms with Crippen molar-refractivity contribution in [2.75, 3.05) is 12.4 Å². The van der Waals surface area contributed by atoms with Crippen LogP contribution in [0.4, 0.5) is 4.39 Å². The van der Waals surface area contributed by atoms with Crippen LogP contribution in [0.5, 0.6) is 0 Å². The molecule has 3 nitrogen and oxygen atoms in total. The quantitative estimate of drug-likeness (QED) is 0.815. The summed E-state index contributed by atoms with van der Waals surface area (Å²) < 4.78 is 13.1. The molecule has 1 aromatic rings. The Morgan fingerprint density at radius 3 is 2.76 bits per heavy atom. The fourth-order valence-corrected chi connectivity index (χ4v) is 3.43. The van der Waals surface area contributed by atoms with E-state index in [0.29, 0.717) is 22.1 Å². The van der Waals surface area contributed by atoms with Crippen LogP contribution in [0.15, 0.2) is 41.6 Å². The molecule has 0 fully saturated rings. The summed E-state index contributed by atoms with van der Waals surface area (Å²) in [6.45, 7) is 1.10. The molecule has 112 valence electrons. The number of halogens is 1. The molecule has 21 heavy (non-hydrogen) atoms. The highest BCUT2D eigenvalue weighted by molar-refractivity contribution is 8.14. The molecule has 1 aliphatic rings. The van der Waals surface area contributed by atoms with Crippen LogP contribution in [0.25, 0.3) is 0 Å². The van der Waals surface area contributed by atoms with Gasteiger partial charge in [-0.2, -0.15) is 0 Å². The zero-order chi connectivity index (χ0) is 15.2. The Labute approximate surface area is 133 Å². The lowest BCUT2D eigenvalue weighted by Crippen LogP contribution is -2.50. The molecule has 1 atom stereocenters. The highest BCUT2D eigenvalue weighted by Gasteiger charge is 2.28. The lowest BCUT2D eigenvalue weighted by Gasteiger charge is -2.27. The van der Waals surface area contributed by atoms with E-state index in [1.807, 2.05) is 30.3 Å². The van der Waals surface area contributed by atoms with Gasteiger partial charge in [-0.25, -0.2) is 4.39 Å². The second-order valence-electron chi connectivity index (χ2n) is 4.72. The van der Waals surface area contributed by atoms with E-state index in [9.17, 15) is 9.18 Å². The average molecular weight is 324 g/mol. The second kappa shape index (κ2) is 7.56. The zero-order valence-corrected chi connectivity index (χ0v) is 13.3. The first kappa shape index (κ1) is 16.0. The Bertz CT molecular complexity index is 560. The summed E-state index contributed by atoms with van der Waals surface area (Å²) in [4.78, 5) is 12.3. The number of carbonyl (C=O) groups excluding carboxylic acids is 1. The number of allylic oxidation sites excluding steroid dienone is 1. The topological polar surface area (TPSA) is 41.1 Å². The first-order valence-corrected chi connectivity index (χ1v) is 8.06. The molecule has 1 aliphatic heterocycles. The van der Waals surface area contributed by atoms with Crippen molar-refractivity contribution in [1.29, 1.82) is 0 Å².